The van der Waals surface area contributed by atoms with Gasteiger partial charge in [0.05, 0.1) is 10.6 Å². The normalized spacial score (nSPS) is 34.2. The molecule has 2 saturated carbocycles. The SMILES string of the molecule is CC1(C)[C@@H]2CC[C@@]1(C)/C(=N/S(=O)(=O)c1ccccc1)C2(Cl)Cl. The first-order valence-electron chi connectivity index (χ1n) is 7.32. The van der Waals surface area contributed by atoms with Crippen LogP contribution in [0.2, 0.25) is 0 Å². The Kier molecular flexibility index (Phi) is 3.49. The monoisotopic (exact) mass is 359 g/mol. The molecule has 120 valence electrons. The van der Waals surface area contributed by atoms with Gasteiger partial charge >= 0.3 is 0 Å². The van der Waals surface area contributed by atoms with Gasteiger partial charge in [-0.3, -0.25) is 0 Å². The molecule has 0 unspecified atom stereocenters. The van der Waals surface area contributed by atoms with Crippen LogP contribution in [0.15, 0.2) is 39.6 Å². The zero-order valence-corrected chi connectivity index (χ0v) is 15.1. The second-order valence-electron chi connectivity index (χ2n) is 7.00. The Balaban J connectivity index is 2.16. The van der Waals surface area contributed by atoms with Crippen molar-refractivity contribution in [1.29, 1.82) is 0 Å². The summed E-state index contributed by atoms with van der Waals surface area (Å²) < 4.78 is 28.1. The third-order valence-corrected chi connectivity index (χ3v) is 7.93. The summed E-state index contributed by atoms with van der Waals surface area (Å²) in [5, 5.41) is 0. The summed E-state index contributed by atoms with van der Waals surface area (Å²) in [5.41, 5.74) is -0.182. The first kappa shape index (κ1) is 16.3. The van der Waals surface area contributed by atoms with Gasteiger partial charge in [0, 0.05) is 11.3 Å². The van der Waals surface area contributed by atoms with Gasteiger partial charge in [0.1, 0.15) is 0 Å². The van der Waals surface area contributed by atoms with Crippen molar-refractivity contribution in [3.63, 3.8) is 0 Å². The molecule has 0 radical (unpaired) electrons. The lowest BCUT2D eigenvalue weighted by Crippen LogP contribution is -2.38. The highest BCUT2D eigenvalue weighted by Crippen LogP contribution is 2.70. The summed E-state index contributed by atoms with van der Waals surface area (Å²) in [7, 11) is -3.81. The summed E-state index contributed by atoms with van der Waals surface area (Å²) in [6.07, 6.45) is 1.75. The molecular formula is C16H19Cl2NO2S. The quantitative estimate of drug-likeness (QED) is 0.732. The second kappa shape index (κ2) is 4.71. The Morgan fingerprint density at radius 1 is 1.14 bits per heavy atom. The largest absolute Gasteiger partial charge is 0.282 e. The molecule has 0 aromatic heterocycles. The van der Waals surface area contributed by atoms with Crippen LogP contribution >= 0.6 is 23.2 Å². The highest BCUT2D eigenvalue weighted by molar-refractivity contribution is 7.90. The number of halogens is 2. The van der Waals surface area contributed by atoms with Crippen LogP contribution < -0.4 is 0 Å². The number of benzene rings is 1. The van der Waals surface area contributed by atoms with E-state index >= 15 is 0 Å². The van der Waals surface area contributed by atoms with Gasteiger partial charge in [-0.05, 0) is 30.4 Å². The third-order valence-electron chi connectivity index (χ3n) is 5.75. The number of alkyl halides is 2. The minimum Gasteiger partial charge on any atom is -0.199 e. The second-order valence-corrected chi connectivity index (χ2v) is 9.99. The number of hydrogen-bond donors (Lipinski definition) is 0. The molecule has 1 aromatic rings. The Hall–Kier alpha value is -0.580. The van der Waals surface area contributed by atoms with Crippen molar-refractivity contribution in [3.05, 3.63) is 30.3 Å². The predicted octanol–water partition coefficient (Wildman–Crippen LogP) is 4.45. The Bertz CT molecular complexity index is 741. The van der Waals surface area contributed by atoms with Crippen molar-refractivity contribution in [1.82, 2.24) is 0 Å². The summed E-state index contributed by atoms with van der Waals surface area (Å²) >= 11 is 13.1. The van der Waals surface area contributed by atoms with E-state index in [1.807, 2.05) is 6.92 Å². The molecule has 0 N–H and O–H groups in total. The molecule has 0 saturated heterocycles. The number of hydrogen-bond acceptors (Lipinski definition) is 2. The van der Waals surface area contributed by atoms with Crippen LogP contribution in [-0.4, -0.2) is 18.5 Å². The maximum absolute atomic E-state index is 12.6. The van der Waals surface area contributed by atoms with Gasteiger partial charge in [0.25, 0.3) is 10.0 Å². The first-order chi connectivity index (χ1) is 10.0. The van der Waals surface area contributed by atoms with Crippen LogP contribution in [0.25, 0.3) is 0 Å². The summed E-state index contributed by atoms with van der Waals surface area (Å²) in [6, 6.07) is 8.18. The zero-order valence-electron chi connectivity index (χ0n) is 12.8. The Morgan fingerprint density at radius 2 is 1.73 bits per heavy atom. The van der Waals surface area contributed by atoms with Gasteiger partial charge in [-0.2, -0.15) is 12.8 Å². The Labute approximate surface area is 141 Å². The molecule has 0 amide bonds. The number of fused-ring (bicyclic) bond motifs is 2. The molecular weight excluding hydrogens is 341 g/mol. The predicted molar refractivity (Wildman–Crippen MR) is 90.1 cm³/mol. The summed E-state index contributed by atoms with van der Waals surface area (Å²) in [4.78, 5) is 0.163. The van der Waals surface area contributed by atoms with Crippen LogP contribution in [0.5, 0.6) is 0 Å². The fourth-order valence-electron chi connectivity index (χ4n) is 4.02. The smallest absolute Gasteiger partial charge is 0.199 e. The lowest BCUT2D eigenvalue weighted by Gasteiger charge is -2.34. The van der Waals surface area contributed by atoms with Crippen LogP contribution in [0.1, 0.15) is 33.6 Å². The van der Waals surface area contributed by atoms with E-state index in [9.17, 15) is 8.42 Å². The molecule has 22 heavy (non-hydrogen) atoms. The van der Waals surface area contributed by atoms with E-state index in [1.54, 1.807) is 18.2 Å². The van der Waals surface area contributed by atoms with Crippen LogP contribution in [0.3, 0.4) is 0 Å². The standard InChI is InChI=1S/C16H19Cl2NO2S/c1-14(2)12-9-10-15(14,3)13(16(12,17)18)19-22(20,21)11-7-5-4-6-8-11/h4-8,12H,9-10H2,1-3H3/b19-13-/t12-,15-/m0/s1. The molecule has 2 aliphatic rings. The van der Waals surface area contributed by atoms with Crippen LogP contribution in [0.4, 0.5) is 0 Å². The molecule has 2 fully saturated rings. The van der Waals surface area contributed by atoms with E-state index in [0.29, 0.717) is 5.71 Å². The van der Waals surface area contributed by atoms with Crippen molar-refractivity contribution in [2.75, 3.05) is 0 Å². The van der Waals surface area contributed by atoms with Crippen molar-refractivity contribution in [2.24, 2.45) is 21.1 Å². The maximum Gasteiger partial charge on any atom is 0.282 e. The average molecular weight is 360 g/mol. The minimum absolute atomic E-state index is 0.0121. The molecule has 1 aromatic carbocycles. The van der Waals surface area contributed by atoms with Crippen molar-refractivity contribution >= 4 is 38.9 Å². The number of sulfonamides is 1. The first-order valence-corrected chi connectivity index (χ1v) is 9.52. The van der Waals surface area contributed by atoms with E-state index in [2.05, 4.69) is 18.2 Å². The zero-order chi connectivity index (χ0) is 16.4. The van der Waals surface area contributed by atoms with Gasteiger partial charge in [-0.15, -0.1) is 0 Å². The molecule has 3 rings (SSSR count). The van der Waals surface area contributed by atoms with E-state index in [-0.39, 0.29) is 16.2 Å². The lowest BCUT2D eigenvalue weighted by molar-refractivity contribution is 0.192. The average Bonchev–Trinajstić information content (AvgIpc) is 2.73. The van der Waals surface area contributed by atoms with Crippen molar-refractivity contribution in [3.8, 4) is 0 Å². The summed E-state index contributed by atoms with van der Waals surface area (Å²) in [6.45, 7) is 6.22. The molecule has 0 heterocycles. The van der Waals surface area contributed by atoms with E-state index in [0.717, 1.165) is 12.8 Å². The fourth-order valence-corrected chi connectivity index (χ4v) is 6.58. The molecule has 2 bridgehead atoms. The van der Waals surface area contributed by atoms with Crippen LogP contribution in [-0.2, 0) is 10.0 Å². The molecule has 0 spiro atoms. The molecule has 6 heteroatoms. The maximum atomic E-state index is 12.6. The van der Waals surface area contributed by atoms with Crippen molar-refractivity contribution in [2.45, 2.75) is 42.8 Å². The third kappa shape index (κ3) is 2.00. The van der Waals surface area contributed by atoms with Crippen LogP contribution in [0, 0.1) is 16.7 Å². The van der Waals surface area contributed by atoms with Gasteiger partial charge < -0.3 is 0 Å². The molecule has 3 nitrogen and oxygen atoms in total. The van der Waals surface area contributed by atoms with E-state index in [4.69, 9.17) is 23.2 Å². The topological polar surface area (TPSA) is 46.5 Å². The van der Waals surface area contributed by atoms with Gasteiger partial charge in [0.2, 0.25) is 0 Å². The van der Waals surface area contributed by atoms with E-state index < -0.39 is 19.8 Å². The van der Waals surface area contributed by atoms with Crippen molar-refractivity contribution < 1.29 is 8.42 Å². The van der Waals surface area contributed by atoms with Gasteiger partial charge in [-0.25, -0.2) is 0 Å². The summed E-state index contributed by atoms with van der Waals surface area (Å²) in [5.74, 6) is 0.0121. The minimum atomic E-state index is -3.81. The highest BCUT2D eigenvalue weighted by Gasteiger charge is 2.71. The molecule has 2 atom stereocenters. The number of rotatable bonds is 2. The Morgan fingerprint density at radius 3 is 2.23 bits per heavy atom. The molecule has 0 aliphatic heterocycles. The lowest BCUT2D eigenvalue weighted by atomic mass is 9.70. The van der Waals surface area contributed by atoms with Gasteiger partial charge in [-0.1, -0.05) is 62.2 Å². The number of nitrogens with zero attached hydrogens (tertiary/aromatic N) is 1. The molecule has 2 aliphatic carbocycles. The fraction of sp³-hybridized carbons (Fsp3) is 0.562. The highest BCUT2D eigenvalue weighted by atomic mass is 35.5. The van der Waals surface area contributed by atoms with E-state index in [1.165, 1.54) is 12.1 Å². The van der Waals surface area contributed by atoms with Gasteiger partial charge in [0.15, 0.2) is 4.33 Å².